The second-order valence-corrected chi connectivity index (χ2v) is 7.98. The summed E-state index contributed by atoms with van der Waals surface area (Å²) in [4.78, 5) is 20.0. The van der Waals surface area contributed by atoms with E-state index in [9.17, 15) is 13.6 Å². The number of pyridine rings is 1. The molecule has 0 spiro atoms. The predicted molar refractivity (Wildman–Crippen MR) is 120 cm³/mol. The van der Waals surface area contributed by atoms with Crippen LogP contribution in [0.25, 0.3) is 32.2 Å². The number of carbonyl (C=O) groups excluding carboxylic acids is 1. The van der Waals surface area contributed by atoms with E-state index in [1.165, 1.54) is 24.3 Å². The first-order valence-corrected chi connectivity index (χ1v) is 10.4. The van der Waals surface area contributed by atoms with Crippen LogP contribution in [0, 0.1) is 11.6 Å². The van der Waals surface area contributed by atoms with E-state index >= 15 is 0 Å². The Bertz CT molecular complexity index is 1480. The zero-order chi connectivity index (χ0) is 21.5. The summed E-state index contributed by atoms with van der Waals surface area (Å²) in [5.41, 5.74) is 4.88. The molecular formula is C24H15F2N3OS. The monoisotopic (exact) mass is 431 g/mol. The lowest BCUT2D eigenvalue weighted by Gasteiger charge is -2.12. The Hall–Kier alpha value is -3.71. The minimum atomic E-state index is -0.481. The normalized spacial score (nSPS) is 11.2. The van der Waals surface area contributed by atoms with Crippen LogP contribution in [-0.4, -0.2) is 15.8 Å². The van der Waals surface area contributed by atoms with Gasteiger partial charge in [-0.1, -0.05) is 18.2 Å². The number of hydrogen-bond acceptors (Lipinski definition) is 5. The molecule has 7 heteroatoms. The molecule has 0 fully saturated rings. The van der Waals surface area contributed by atoms with Crippen molar-refractivity contribution in [2.75, 3.05) is 5.32 Å². The van der Waals surface area contributed by atoms with Crippen molar-refractivity contribution in [2.24, 2.45) is 0 Å². The third-order valence-electron chi connectivity index (χ3n) is 5.14. The van der Waals surface area contributed by atoms with Crippen molar-refractivity contribution in [2.45, 2.75) is 6.92 Å². The van der Waals surface area contributed by atoms with Gasteiger partial charge in [0.2, 0.25) is 0 Å². The van der Waals surface area contributed by atoms with Crippen LogP contribution in [0.1, 0.15) is 17.3 Å². The highest BCUT2D eigenvalue weighted by atomic mass is 32.1. The number of benzene rings is 3. The summed E-state index contributed by atoms with van der Waals surface area (Å²) in [6, 6.07) is 15.0. The maximum atomic E-state index is 14.9. The molecule has 152 valence electrons. The van der Waals surface area contributed by atoms with E-state index in [2.05, 4.69) is 15.3 Å². The van der Waals surface area contributed by atoms with Crippen molar-refractivity contribution < 1.29 is 13.6 Å². The number of halogens is 2. The average Bonchev–Trinajstić information content (AvgIpc) is 3.25. The molecule has 0 aliphatic heterocycles. The predicted octanol–water partition coefficient (Wildman–Crippen LogP) is 6.74. The lowest BCUT2D eigenvalue weighted by molar-refractivity contribution is 0.101. The van der Waals surface area contributed by atoms with E-state index in [1.807, 2.05) is 6.07 Å². The number of carbonyl (C=O) groups is 1. The number of fused-ring (bicyclic) bond motifs is 2. The smallest absolute Gasteiger partial charge is 0.173 e. The van der Waals surface area contributed by atoms with Crippen LogP contribution in [0.4, 0.5) is 20.2 Å². The first kappa shape index (κ1) is 19.3. The largest absolute Gasteiger partial charge is 0.352 e. The second kappa shape index (κ2) is 7.52. The van der Waals surface area contributed by atoms with Crippen LogP contribution in [0.2, 0.25) is 0 Å². The second-order valence-electron chi connectivity index (χ2n) is 7.09. The highest BCUT2D eigenvalue weighted by Gasteiger charge is 2.13. The van der Waals surface area contributed by atoms with Crippen LogP contribution in [0.15, 0.2) is 66.3 Å². The standard InChI is InChI=1S/C24H15F2N3OS/c1-13(30)14-2-4-16(18(25)11-14)15-3-5-19-17(10-15)20(8-9-27-19)29-21-6-7-22-24(23(21)26)28-12-31-22/h2-12H,1H3,(H,27,29). The molecule has 2 heterocycles. The SMILES string of the molecule is CC(=O)c1ccc(-c2ccc3nccc(Nc4ccc5scnc5c4F)c3c2)c(F)c1. The Balaban J connectivity index is 1.60. The molecule has 5 aromatic rings. The third-order valence-corrected chi connectivity index (χ3v) is 5.93. The maximum Gasteiger partial charge on any atom is 0.173 e. The fourth-order valence-corrected chi connectivity index (χ4v) is 4.20. The molecule has 0 aliphatic carbocycles. The fourth-order valence-electron chi connectivity index (χ4n) is 3.53. The van der Waals surface area contributed by atoms with Gasteiger partial charge in [0.25, 0.3) is 0 Å². The van der Waals surface area contributed by atoms with Crippen molar-refractivity contribution in [3.05, 3.63) is 83.5 Å². The Morgan fingerprint density at radius 1 is 0.968 bits per heavy atom. The van der Waals surface area contributed by atoms with Crippen molar-refractivity contribution in [1.82, 2.24) is 9.97 Å². The molecular weight excluding hydrogens is 416 g/mol. The van der Waals surface area contributed by atoms with E-state index in [0.29, 0.717) is 44.5 Å². The summed E-state index contributed by atoms with van der Waals surface area (Å²) in [7, 11) is 0. The van der Waals surface area contributed by atoms with Gasteiger partial charge in [0.1, 0.15) is 11.3 Å². The molecule has 5 rings (SSSR count). The van der Waals surface area contributed by atoms with Gasteiger partial charge in [-0.2, -0.15) is 0 Å². The molecule has 4 nitrogen and oxygen atoms in total. The lowest BCUT2D eigenvalue weighted by Crippen LogP contribution is -1.97. The topological polar surface area (TPSA) is 54.9 Å². The number of rotatable bonds is 4. The number of anilines is 2. The van der Waals surface area contributed by atoms with E-state index < -0.39 is 11.6 Å². The summed E-state index contributed by atoms with van der Waals surface area (Å²) in [5, 5.41) is 3.84. The zero-order valence-electron chi connectivity index (χ0n) is 16.3. The van der Waals surface area contributed by atoms with Crippen LogP contribution >= 0.6 is 11.3 Å². The molecule has 0 bridgehead atoms. The van der Waals surface area contributed by atoms with Crippen LogP contribution in [-0.2, 0) is 0 Å². The Morgan fingerprint density at radius 3 is 2.65 bits per heavy atom. The molecule has 3 aromatic carbocycles. The van der Waals surface area contributed by atoms with Gasteiger partial charge in [0.05, 0.1) is 21.4 Å². The fraction of sp³-hybridized carbons (Fsp3) is 0.0417. The van der Waals surface area contributed by atoms with Crippen LogP contribution in [0.3, 0.4) is 0 Å². The van der Waals surface area contributed by atoms with Gasteiger partial charge >= 0.3 is 0 Å². The van der Waals surface area contributed by atoms with Crippen LogP contribution in [0.5, 0.6) is 0 Å². The first-order valence-electron chi connectivity index (χ1n) is 9.49. The molecule has 0 amide bonds. The Kier molecular flexibility index (Phi) is 4.67. The Morgan fingerprint density at radius 2 is 1.84 bits per heavy atom. The first-order chi connectivity index (χ1) is 15.0. The number of thiazole rings is 1. The van der Waals surface area contributed by atoms with Gasteiger partial charge in [0.15, 0.2) is 11.6 Å². The van der Waals surface area contributed by atoms with Gasteiger partial charge < -0.3 is 5.32 Å². The van der Waals surface area contributed by atoms with Crippen LogP contribution < -0.4 is 5.32 Å². The van der Waals surface area contributed by atoms with E-state index in [4.69, 9.17) is 0 Å². The number of nitrogens with one attached hydrogen (secondary N) is 1. The molecule has 0 unspecified atom stereocenters. The molecule has 0 saturated heterocycles. The molecule has 0 radical (unpaired) electrons. The highest BCUT2D eigenvalue weighted by molar-refractivity contribution is 7.16. The maximum absolute atomic E-state index is 14.9. The lowest BCUT2D eigenvalue weighted by atomic mass is 10.00. The molecule has 2 aromatic heterocycles. The van der Waals surface area contributed by atoms with Gasteiger partial charge in [-0.3, -0.25) is 9.78 Å². The average molecular weight is 431 g/mol. The van der Waals surface area contributed by atoms with Gasteiger partial charge in [-0.25, -0.2) is 13.8 Å². The number of aromatic nitrogens is 2. The number of nitrogens with zero attached hydrogens (tertiary/aromatic N) is 2. The van der Waals surface area contributed by atoms with Crippen molar-refractivity contribution in [3.8, 4) is 11.1 Å². The van der Waals surface area contributed by atoms with Gasteiger partial charge in [-0.05, 0) is 48.9 Å². The van der Waals surface area contributed by atoms with Crippen molar-refractivity contribution in [3.63, 3.8) is 0 Å². The zero-order valence-corrected chi connectivity index (χ0v) is 17.1. The van der Waals surface area contributed by atoms with Gasteiger partial charge in [-0.15, -0.1) is 11.3 Å². The highest BCUT2D eigenvalue weighted by Crippen LogP contribution is 2.33. The Labute approximate surface area is 180 Å². The summed E-state index contributed by atoms with van der Waals surface area (Å²) in [6.45, 7) is 1.40. The number of ketones is 1. The summed E-state index contributed by atoms with van der Waals surface area (Å²) in [5.74, 6) is -1.10. The quantitative estimate of drug-likeness (QED) is 0.320. The third kappa shape index (κ3) is 3.43. The van der Waals surface area contributed by atoms with E-state index in [0.717, 1.165) is 4.70 Å². The summed E-state index contributed by atoms with van der Waals surface area (Å²) >= 11 is 1.38. The van der Waals surface area contributed by atoms with Crippen molar-refractivity contribution >= 4 is 49.6 Å². The summed E-state index contributed by atoms with van der Waals surface area (Å²) in [6.07, 6.45) is 1.63. The molecule has 1 N–H and O–H groups in total. The van der Waals surface area contributed by atoms with Gasteiger partial charge in [0, 0.05) is 28.4 Å². The molecule has 0 aliphatic rings. The number of Topliss-reactive ketones (excluding diaryl/α,β-unsaturated/α-hetero) is 1. The minimum Gasteiger partial charge on any atom is -0.352 e. The van der Waals surface area contributed by atoms with E-state index in [-0.39, 0.29) is 5.78 Å². The molecule has 0 saturated carbocycles. The van der Waals surface area contributed by atoms with E-state index in [1.54, 1.807) is 54.2 Å². The molecule has 0 atom stereocenters. The van der Waals surface area contributed by atoms with Crippen molar-refractivity contribution in [1.29, 1.82) is 0 Å². The molecule has 31 heavy (non-hydrogen) atoms. The minimum absolute atomic E-state index is 0.196. The number of hydrogen-bond donors (Lipinski definition) is 1. The summed E-state index contributed by atoms with van der Waals surface area (Å²) < 4.78 is 30.3.